The molecule has 1 aromatic carbocycles. The second kappa shape index (κ2) is 5.04. The van der Waals surface area contributed by atoms with E-state index in [0.717, 1.165) is 11.6 Å². The van der Waals surface area contributed by atoms with Crippen LogP contribution in [0.3, 0.4) is 0 Å². The maximum Gasteiger partial charge on any atom is 0.137 e. The van der Waals surface area contributed by atoms with Gasteiger partial charge in [-0.15, -0.1) is 0 Å². The molecule has 0 aliphatic rings. The molecule has 0 aliphatic heterocycles. The topological polar surface area (TPSA) is 25.8 Å². The first-order valence-corrected chi connectivity index (χ1v) is 6.73. The summed E-state index contributed by atoms with van der Waals surface area (Å²) < 4.78 is 27.3. The second-order valence-electron chi connectivity index (χ2n) is 4.90. The molecule has 3 rings (SSSR count). The molecule has 0 unspecified atom stereocenters. The summed E-state index contributed by atoms with van der Waals surface area (Å²) in [6, 6.07) is 5.69. The molecule has 0 bridgehead atoms. The molecule has 0 atom stereocenters. The van der Waals surface area contributed by atoms with Crippen LogP contribution in [0.1, 0.15) is 11.1 Å². The lowest BCUT2D eigenvalue weighted by Gasteiger charge is -2.11. The summed E-state index contributed by atoms with van der Waals surface area (Å²) in [5, 5.41) is 0.364. The minimum Gasteiger partial charge on any atom is -0.255 e. The predicted molar refractivity (Wildman–Crippen MR) is 79.4 cm³/mol. The van der Waals surface area contributed by atoms with E-state index >= 15 is 0 Å². The van der Waals surface area contributed by atoms with Crippen molar-refractivity contribution >= 4 is 22.5 Å². The first kappa shape index (κ1) is 13.9. The minimum absolute atomic E-state index is 0.131. The third kappa shape index (κ3) is 2.36. The van der Waals surface area contributed by atoms with Crippen molar-refractivity contribution in [2.45, 2.75) is 13.8 Å². The average Bonchev–Trinajstić information content (AvgIpc) is 2.42. The van der Waals surface area contributed by atoms with Gasteiger partial charge in [0, 0.05) is 18.3 Å². The molecule has 0 radical (unpaired) electrons. The summed E-state index contributed by atoms with van der Waals surface area (Å²) in [5.74, 6) is -1.40. The molecule has 0 spiro atoms. The highest BCUT2D eigenvalue weighted by atomic mass is 35.5. The largest absolute Gasteiger partial charge is 0.255 e. The highest BCUT2D eigenvalue weighted by molar-refractivity contribution is 6.36. The monoisotopic (exact) mass is 304 g/mol. The fraction of sp³-hybridized carbons (Fsp3) is 0.125. The summed E-state index contributed by atoms with van der Waals surface area (Å²) in [6.07, 6.45) is 1.66. The molecule has 2 heterocycles. The van der Waals surface area contributed by atoms with Crippen LogP contribution in [0.5, 0.6) is 0 Å². The zero-order valence-electron chi connectivity index (χ0n) is 11.4. The van der Waals surface area contributed by atoms with Crippen LogP contribution in [-0.2, 0) is 0 Å². The standard InChI is InChI=1S/C16H11ClF2N2/c1-8-3-4-20-13(5-8)16-9(2)15(17)14-11(19)6-10(18)7-12(14)21-16/h3-7H,1-2H3. The van der Waals surface area contributed by atoms with Crippen LogP contribution in [0.25, 0.3) is 22.3 Å². The number of hydrogen-bond acceptors (Lipinski definition) is 2. The number of hydrogen-bond donors (Lipinski definition) is 0. The molecule has 106 valence electrons. The van der Waals surface area contributed by atoms with Crippen molar-refractivity contribution in [2.75, 3.05) is 0 Å². The SMILES string of the molecule is Cc1ccnc(-c2nc3cc(F)cc(F)c3c(Cl)c2C)c1. The molecule has 0 amide bonds. The highest BCUT2D eigenvalue weighted by Crippen LogP contribution is 2.34. The van der Waals surface area contributed by atoms with Gasteiger partial charge in [0.05, 0.1) is 27.3 Å². The van der Waals surface area contributed by atoms with Crippen molar-refractivity contribution in [2.24, 2.45) is 0 Å². The number of aromatic nitrogens is 2. The Morgan fingerprint density at radius 3 is 2.57 bits per heavy atom. The van der Waals surface area contributed by atoms with Crippen LogP contribution in [-0.4, -0.2) is 9.97 Å². The van der Waals surface area contributed by atoms with Crippen LogP contribution in [0.4, 0.5) is 8.78 Å². The molecule has 2 aromatic heterocycles. The first-order valence-electron chi connectivity index (χ1n) is 6.35. The second-order valence-corrected chi connectivity index (χ2v) is 5.28. The minimum atomic E-state index is -0.714. The lowest BCUT2D eigenvalue weighted by atomic mass is 10.1. The highest BCUT2D eigenvalue weighted by Gasteiger charge is 2.16. The quantitative estimate of drug-likeness (QED) is 0.642. The van der Waals surface area contributed by atoms with Crippen molar-refractivity contribution < 1.29 is 8.78 Å². The van der Waals surface area contributed by atoms with E-state index in [1.807, 2.05) is 19.1 Å². The maximum atomic E-state index is 13.9. The molecular weight excluding hydrogens is 294 g/mol. The molecule has 21 heavy (non-hydrogen) atoms. The Labute approximate surface area is 125 Å². The zero-order chi connectivity index (χ0) is 15.1. The average molecular weight is 305 g/mol. The van der Waals surface area contributed by atoms with Crippen LogP contribution >= 0.6 is 11.6 Å². The molecule has 0 aliphatic carbocycles. The summed E-state index contributed by atoms with van der Waals surface area (Å²) in [4.78, 5) is 8.60. The molecule has 2 nitrogen and oxygen atoms in total. The first-order chi connectivity index (χ1) is 9.97. The lowest BCUT2D eigenvalue weighted by Crippen LogP contribution is -1.97. The van der Waals surface area contributed by atoms with E-state index in [1.54, 1.807) is 13.1 Å². The van der Waals surface area contributed by atoms with Gasteiger partial charge in [0.2, 0.25) is 0 Å². The summed E-state index contributed by atoms with van der Waals surface area (Å²) >= 11 is 6.25. The van der Waals surface area contributed by atoms with E-state index in [9.17, 15) is 8.78 Å². The molecule has 5 heteroatoms. The van der Waals surface area contributed by atoms with Crippen molar-refractivity contribution in [3.05, 3.63) is 58.2 Å². The number of rotatable bonds is 1. The molecule has 0 fully saturated rings. The van der Waals surface area contributed by atoms with Gasteiger partial charge in [0.15, 0.2) is 0 Å². The Balaban J connectivity index is 2.37. The van der Waals surface area contributed by atoms with Gasteiger partial charge >= 0.3 is 0 Å². The van der Waals surface area contributed by atoms with Gasteiger partial charge in [-0.1, -0.05) is 11.6 Å². The number of aryl methyl sites for hydroxylation is 1. The van der Waals surface area contributed by atoms with Gasteiger partial charge in [0.25, 0.3) is 0 Å². The molecule has 3 aromatic rings. The van der Waals surface area contributed by atoms with E-state index in [0.29, 0.717) is 17.0 Å². The van der Waals surface area contributed by atoms with E-state index in [4.69, 9.17) is 11.6 Å². The van der Waals surface area contributed by atoms with Crippen molar-refractivity contribution in [3.63, 3.8) is 0 Å². The van der Waals surface area contributed by atoms with Crippen molar-refractivity contribution in [1.29, 1.82) is 0 Å². The van der Waals surface area contributed by atoms with Crippen molar-refractivity contribution in [1.82, 2.24) is 9.97 Å². The van der Waals surface area contributed by atoms with Gasteiger partial charge < -0.3 is 0 Å². The van der Waals surface area contributed by atoms with E-state index in [2.05, 4.69) is 9.97 Å². The van der Waals surface area contributed by atoms with Gasteiger partial charge in [-0.05, 0) is 37.1 Å². The normalized spacial score (nSPS) is 11.1. The fourth-order valence-electron chi connectivity index (χ4n) is 2.28. The molecule has 0 saturated carbocycles. The van der Waals surface area contributed by atoms with E-state index < -0.39 is 11.6 Å². The Bertz CT molecular complexity index is 863. The van der Waals surface area contributed by atoms with Gasteiger partial charge in [-0.2, -0.15) is 0 Å². The third-order valence-electron chi connectivity index (χ3n) is 3.33. The maximum absolute atomic E-state index is 13.9. The number of benzene rings is 1. The van der Waals surface area contributed by atoms with Gasteiger partial charge in [-0.3, -0.25) is 4.98 Å². The Kier molecular flexibility index (Phi) is 3.33. The van der Waals surface area contributed by atoms with Crippen LogP contribution in [0.15, 0.2) is 30.5 Å². The molecule has 0 saturated heterocycles. The zero-order valence-corrected chi connectivity index (χ0v) is 12.2. The Morgan fingerprint density at radius 1 is 1.10 bits per heavy atom. The number of pyridine rings is 2. The van der Waals surface area contributed by atoms with Gasteiger partial charge in [-0.25, -0.2) is 13.8 Å². The predicted octanol–water partition coefficient (Wildman–Crippen LogP) is 4.85. The number of nitrogens with zero attached hydrogens (tertiary/aromatic N) is 2. The van der Waals surface area contributed by atoms with Crippen LogP contribution in [0.2, 0.25) is 5.02 Å². The molecule has 0 N–H and O–H groups in total. The van der Waals surface area contributed by atoms with Crippen LogP contribution < -0.4 is 0 Å². The Morgan fingerprint density at radius 2 is 1.86 bits per heavy atom. The van der Waals surface area contributed by atoms with E-state index in [1.165, 1.54) is 6.07 Å². The van der Waals surface area contributed by atoms with Gasteiger partial charge in [0.1, 0.15) is 11.6 Å². The lowest BCUT2D eigenvalue weighted by molar-refractivity contribution is 0.591. The smallest absolute Gasteiger partial charge is 0.137 e. The van der Waals surface area contributed by atoms with Crippen molar-refractivity contribution in [3.8, 4) is 11.4 Å². The Hall–Kier alpha value is -2.07. The van der Waals surface area contributed by atoms with E-state index in [-0.39, 0.29) is 15.9 Å². The number of fused-ring (bicyclic) bond motifs is 1. The number of halogens is 3. The molecular formula is C16H11ClF2N2. The summed E-state index contributed by atoms with van der Waals surface area (Å²) in [6.45, 7) is 3.68. The third-order valence-corrected chi connectivity index (χ3v) is 3.80. The summed E-state index contributed by atoms with van der Waals surface area (Å²) in [7, 11) is 0. The van der Waals surface area contributed by atoms with Crippen LogP contribution in [0, 0.1) is 25.5 Å². The fourth-order valence-corrected chi connectivity index (χ4v) is 2.55. The summed E-state index contributed by atoms with van der Waals surface area (Å²) in [5.41, 5.74) is 2.97.